The molecule has 138 valence electrons. The Hall–Kier alpha value is -1.82. The van der Waals surface area contributed by atoms with Gasteiger partial charge in [-0.2, -0.15) is 0 Å². The molecule has 0 bridgehead atoms. The van der Waals surface area contributed by atoms with Crippen LogP contribution in [0.25, 0.3) is 0 Å². The molecule has 1 N–H and O–H groups in total. The summed E-state index contributed by atoms with van der Waals surface area (Å²) >= 11 is 0. The smallest absolute Gasteiger partial charge is 0.273 e. The Morgan fingerprint density at radius 2 is 2.00 bits per heavy atom. The molecule has 2 atom stereocenters. The van der Waals surface area contributed by atoms with Crippen LogP contribution < -0.4 is 10.1 Å². The SMILES string of the molecule is COc1cc([N+](=O)[O-])ccc1NC1CCN(C2CCCC(C)C2)CC1. The first-order chi connectivity index (χ1) is 12.1. The lowest BCUT2D eigenvalue weighted by atomic mass is 9.85. The second kappa shape index (κ2) is 8.04. The van der Waals surface area contributed by atoms with E-state index in [9.17, 15) is 10.1 Å². The third kappa shape index (κ3) is 4.42. The predicted octanol–water partition coefficient (Wildman–Crippen LogP) is 4.06. The summed E-state index contributed by atoms with van der Waals surface area (Å²) in [5.74, 6) is 1.40. The molecule has 0 aromatic heterocycles. The Bertz CT molecular complexity index is 600. The molecular formula is C19H29N3O3. The molecular weight excluding hydrogens is 318 g/mol. The lowest BCUT2D eigenvalue weighted by molar-refractivity contribution is -0.384. The van der Waals surface area contributed by atoms with Crippen LogP contribution in [0.15, 0.2) is 18.2 Å². The molecule has 1 aliphatic carbocycles. The average molecular weight is 347 g/mol. The number of nitro groups is 1. The van der Waals surface area contributed by atoms with Gasteiger partial charge < -0.3 is 15.0 Å². The van der Waals surface area contributed by atoms with E-state index in [0.717, 1.165) is 43.6 Å². The Kier molecular flexibility index (Phi) is 5.78. The molecule has 3 rings (SSSR count). The highest BCUT2D eigenvalue weighted by Crippen LogP contribution is 2.32. The third-order valence-corrected chi connectivity index (χ3v) is 5.71. The van der Waals surface area contributed by atoms with E-state index in [1.54, 1.807) is 13.2 Å². The van der Waals surface area contributed by atoms with Crippen LogP contribution in [0.5, 0.6) is 5.75 Å². The zero-order valence-corrected chi connectivity index (χ0v) is 15.2. The second-order valence-electron chi connectivity index (χ2n) is 7.52. The van der Waals surface area contributed by atoms with Crippen molar-refractivity contribution in [1.29, 1.82) is 0 Å². The van der Waals surface area contributed by atoms with Gasteiger partial charge in [-0.25, -0.2) is 0 Å². The van der Waals surface area contributed by atoms with E-state index in [1.807, 2.05) is 0 Å². The van der Waals surface area contributed by atoms with E-state index in [2.05, 4.69) is 17.1 Å². The van der Waals surface area contributed by atoms with Crippen LogP contribution in [0.2, 0.25) is 0 Å². The fourth-order valence-corrected chi connectivity index (χ4v) is 4.28. The van der Waals surface area contributed by atoms with Gasteiger partial charge in [0.1, 0.15) is 5.75 Å². The van der Waals surface area contributed by atoms with Crippen LogP contribution in [0.3, 0.4) is 0 Å². The molecule has 1 aliphatic heterocycles. The van der Waals surface area contributed by atoms with Crippen LogP contribution in [0, 0.1) is 16.0 Å². The summed E-state index contributed by atoms with van der Waals surface area (Å²) in [4.78, 5) is 13.2. The van der Waals surface area contributed by atoms with Gasteiger partial charge in [0.2, 0.25) is 0 Å². The number of ether oxygens (including phenoxy) is 1. The topological polar surface area (TPSA) is 67.6 Å². The van der Waals surface area contributed by atoms with Gasteiger partial charge in [0.05, 0.1) is 23.8 Å². The number of non-ortho nitro benzene ring substituents is 1. The summed E-state index contributed by atoms with van der Waals surface area (Å²) in [7, 11) is 1.55. The van der Waals surface area contributed by atoms with Crippen molar-refractivity contribution < 1.29 is 9.66 Å². The second-order valence-corrected chi connectivity index (χ2v) is 7.52. The highest BCUT2D eigenvalue weighted by molar-refractivity contribution is 5.61. The number of nitro benzene ring substituents is 1. The number of anilines is 1. The number of hydrogen-bond donors (Lipinski definition) is 1. The van der Waals surface area contributed by atoms with Gasteiger partial charge in [0.25, 0.3) is 5.69 Å². The Labute approximate surface area is 149 Å². The zero-order valence-electron chi connectivity index (χ0n) is 15.2. The van der Waals surface area contributed by atoms with Crippen LogP contribution >= 0.6 is 0 Å². The Morgan fingerprint density at radius 1 is 1.24 bits per heavy atom. The number of methoxy groups -OCH3 is 1. The fraction of sp³-hybridized carbons (Fsp3) is 0.684. The van der Waals surface area contributed by atoms with Gasteiger partial charge in [-0.05, 0) is 37.7 Å². The third-order valence-electron chi connectivity index (χ3n) is 5.71. The summed E-state index contributed by atoms with van der Waals surface area (Å²) in [5, 5.41) is 14.4. The molecule has 1 saturated heterocycles. The van der Waals surface area contributed by atoms with E-state index in [1.165, 1.54) is 37.8 Å². The van der Waals surface area contributed by atoms with Gasteiger partial charge >= 0.3 is 0 Å². The van der Waals surface area contributed by atoms with E-state index < -0.39 is 4.92 Å². The quantitative estimate of drug-likeness (QED) is 0.643. The molecule has 25 heavy (non-hydrogen) atoms. The van der Waals surface area contributed by atoms with Crippen LogP contribution in [-0.4, -0.2) is 42.1 Å². The van der Waals surface area contributed by atoms with Crippen molar-refractivity contribution in [2.24, 2.45) is 5.92 Å². The highest BCUT2D eigenvalue weighted by Gasteiger charge is 2.28. The van der Waals surface area contributed by atoms with Crippen molar-refractivity contribution in [3.8, 4) is 5.75 Å². The zero-order chi connectivity index (χ0) is 17.8. The molecule has 1 aromatic carbocycles. The van der Waals surface area contributed by atoms with Crippen molar-refractivity contribution in [2.45, 2.75) is 57.5 Å². The number of hydrogen-bond acceptors (Lipinski definition) is 5. The highest BCUT2D eigenvalue weighted by atomic mass is 16.6. The molecule has 1 heterocycles. The molecule has 6 heteroatoms. The molecule has 1 saturated carbocycles. The molecule has 1 aromatic rings. The van der Waals surface area contributed by atoms with Crippen molar-refractivity contribution in [3.63, 3.8) is 0 Å². The number of rotatable bonds is 5. The molecule has 6 nitrogen and oxygen atoms in total. The summed E-state index contributed by atoms with van der Waals surface area (Å²) < 4.78 is 5.33. The minimum absolute atomic E-state index is 0.0589. The molecule has 2 aliphatic rings. The molecule has 2 unspecified atom stereocenters. The van der Waals surface area contributed by atoms with E-state index >= 15 is 0 Å². The molecule has 0 amide bonds. The maximum atomic E-state index is 10.9. The standard InChI is InChI=1S/C19H29N3O3/c1-14-4-3-5-16(12-14)21-10-8-15(9-11-21)20-18-7-6-17(22(23)24)13-19(18)25-2/h6-7,13-16,20H,3-5,8-12H2,1-2H3. The van der Waals surface area contributed by atoms with Gasteiger partial charge in [-0.15, -0.1) is 0 Å². The van der Waals surface area contributed by atoms with Crippen LogP contribution in [-0.2, 0) is 0 Å². The number of piperidine rings is 1. The summed E-state index contributed by atoms with van der Waals surface area (Å²) in [6, 6.07) is 5.93. The minimum Gasteiger partial charge on any atom is -0.494 e. The lowest BCUT2D eigenvalue weighted by Gasteiger charge is -2.41. The van der Waals surface area contributed by atoms with Gasteiger partial charge in [0.15, 0.2) is 0 Å². The monoisotopic (exact) mass is 347 g/mol. The van der Waals surface area contributed by atoms with E-state index in [-0.39, 0.29) is 5.69 Å². The average Bonchev–Trinajstić information content (AvgIpc) is 2.62. The number of likely N-dealkylation sites (tertiary alicyclic amines) is 1. The van der Waals surface area contributed by atoms with E-state index in [4.69, 9.17) is 4.74 Å². The molecule has 0 spiro atoms. The van der Waals surface area contributed by atoms with E-state index in [0.29, 0.717) is 11.8 Å². The predicted molar refractivity (Wildman–Crippen MR) is 99.3 cm³/mol. The normalized spacial score (nSPS) is 25.5. The van der Waals surface area contributed by atoms with Crippen LogP contribution in [0.4, 0.5) is 11.4 Å². The van der Waals surface area contributed by atoms with Gasteiger partial charge in [-0.1, -0.05) is 19.8 Å². The first-order valence-corrected chi connectivity index (χ1v) is 9.40. The van der Waals surface area contributed by atoms with Crippen molar-refractivity contribution in [2.75, 3.05) is 25.5 Å². The number of benzene rings is 1. The number of nitrogens with zero attached hydrogens (tertiary/aromatic N) is 2. The molecule has 0 radical (unpaired) electrons. The summed E-state index contributed by atoms with van der Waals surface area (Å²) in [6.45, 7) is 4.63. The largest absolute Gasteiger partial charge is 0.494 e. The van der Waals surface area contributed by atoms with Crippen molar-refractivity contribution >= 4 is 11.4 Å². The Balaban J connectivity index is 1.56. The van der Waals surface area contributed by atoms with Gasteiger partial charge in [-0.3, -0.25) is 10.1 Å². The Morgan fingerprint density at radius 3 is 2.64 bits per heavy atom. The van der Waals surface area contributed by atoms with Gasteiger partial charge in [0, 0.05) is 31.2 Å². The first-order valence-electron chi connectivity index (χ1n) is 9.40. The van der Waals surface area contributed by atoms with Crippen molar-refractivity contribution in [3.05, 3.63) is 28.3 Å². The fourth-order valence-electron chi connectivity index (χ4n) is 4.28. The summed E-state index contributed by atoms with van der Waals surface area (Å²) in [5.41, 5.74) is 0.904. The maximum Gasteiger partial charge on any atom is 0.273 e. The minimum atomic E-state index is -0.393. The molecule has 2 fully saturated rings. The maximum absolute atomic E-state index is 10.9. The van der Waals surface area contributed by atoms with Crippen molar-refractivity contribution in [1.82, 2.24) is 4.90 Å². The first kappa shape index (κ1) is 18.0. The van der Waals surface area contributed by atoms with Crippen LogP contribution in [0.1, 0.15) is 45.4 Å². The summed E-state index contributed by atoms with van der Waals surface area (Å²) in [6.07, 6.45) is 7.64. The number of nitrogens with one attached hydrogen (secondary N) is 1. The lowest BCUT2D eigenvalue weighted by Crippen LogP contribution is -2.46.